The van der Waals surface area contributed by atoms with Gasteiger partial charge in [0.1, 0.15) is 0 Å². The number of alkyl halides is 2. The third-order valence-electron chi connectivity index (χ3n) is 3.94. The second kappa shape index (κ2) is 10.8. The van der Waals surface area contributed by atoms with Gasteiger partial charge < -0.3 is 10.2 Å². The lowest BCUT2D eigenvalue weighted by Crippen LogP contribution is -2.51. The number of carbonyl (C=O) groups is 1. The monoisotopic (exact) mass is 398 g/mol. The Kier molecular flexibility index (Phi) is 11.9. The quantitative estimate of drug-likeness (QED) is 0.740. The molecule has 0 aromatic heterocycles. The lowest BCUT2D eigenvalue weighted by atomic mass is 10.1. The number of piperazine rings is 1. The summed E-state index contributed by atoms with van der Waals surface area (Å²) in [7, 11) is 2.09. The van der Waals surface area contributed by atoms with E-state index in [2.05, 4.69) is 27.5 Å². The summed E-state index contributed by atoms with van der Waals surface area (Å²) in [6.45, 7) is 6.30. The minimum atomic E-state index is -2.76. The molecule has 2 aliphatic rings. The molecule has 140 valence electrons. The first-order chi connectivity index (χ1) is 9.35. The number of rotatable bonds is 4. The van der Waals surface area contributed by atoms with Crippen LogP contribution in [0.15, 0.2) is 0 Å². The first-order valence-corrected chi connectivity index (χ1v) is 7.18. The molecule has 2 atom stereocenters. The molecule has 0 aliphatic carbocycles. The van der Waals surface area contributed by atoms with Crippen molar-refractivity contribution >= 4 is 43.1 Å². The van der Waals surface area contributed by atoms with Crippen molar-refractivity contribution in [2.24, 2.45) is 0 Å². The van der Waals surface area contributed by atoms with Crippen LogP contribution in [0.1, 0.15) is 13.3 Å². The van der Waals surface area contributed by atoms with Crippen LogP contribution in [0.3, 0.4) is 0 Å². The van der Waals surface area contributed by atoms with E-state index in [4.69, 9.17) is 0 Å². The van der Waals surface area contributed by atoms with Gasteiger partial charge in [-0.05, 0) is 14.0 Å². The standard InChI is InChI=1S/C13H24F2N4O.3ClH/c1-10(8-19-5-3-18(2)4-6-19)17-12(20)11-7-13(14,15)9-16-11;;;/h10-11,16H,3-9H2,1-2H3,(H,17,20);3*1H. The topological polar surface area (TPSA) is 47.6 Å². The van der Waals surface area contributed by atoms with Gasteiger partial charge in [-0.3, -0.25) is 15.0 Å². The van der Waals surface area contributed by atoms with Crippen LogP contribution in [-0.4, -0.2) is 80.0 Å². The summed E-state index contributed by atoms with van der Waals surface area (Å²) >= 11 is 0. The van der Waals surface area contributed by atoms with Crippen molar-refractivity contribution in [1.82, 2.24) is 20.4 Å². The molecule has 0 aromatic carbocycles. The van der Waals surface area contributed by atoms with Crippen molar-refractivity contribution < 1.29 is 13.6 Å². The highest BCUT2D eigenvalue weighted by Crippen LogP contribution is 2.25. The van der Waals surface area contributed by atoms with E-state index in [9.17, 15) is 13.6 Å². The largest absolute Gasteiger partial charge is 0.351 e. The van der Waals surface area contributed by atoms with Crippen LogP contribution in [0.2, 0.25) is 0 Å². The van der Waals surface area contributed by atoms with Crippen LogP contribution in [0.25, 0.3) is 0 Å². The molecule has 23 heavy (non-hydrogen) atoms. The maximum atomic E-state index is 13.0. The minimum absolute atomic E-state index is 0. The number of carbonyl (C=O) groups excluding carboxylic acids is 1. The Balaban J connectivity index is 0. The number of amides is 1. The first kappa shape index (κ1) is 25.3. The summed E-state index contributed by atoms with van der Waals surface area (Å²) in [5, 5.41) is 5.41. The van der Waals surface area contributed by atoms with E-state index in [1.165, 1.54) is 0 Å². The van der Waals surface area contributed by atoms with Crippen molar-refractivity contribution in [3.05, 3.63) is 0 Å². The van der Waals surface area contributed by atoms with E-state index >= 15 is 0 Å². The Hall–Kier alpha value is 0.0800. The van der Waals surface area contributed by atoms with E-state index in [0.29, 0.717) is 0 Å². The maximum absolute atomic E-state index is 13.0. The molecule has 0 bridgehead atoms. The van der Waals surface area contributed by atoms with E-state index in [1.807, 2.05) is 6.92 Å². The average molecular weight is 400 g/mol. The molecule has 2 unspecified atom stereocenters. The zero-order chi connectivity index (χ0) is 14.8. The molecular formula is C13H27Cl3F2N4O. The Labute approximate surface area is 155 Å². The summed E-state index contributed by atoms with van der Waals surface area (Å²) in [5.74, 6) is -3.08. The van der Waals surface area contributed by atoms with Gasteiger partial charge in [0.05, 0.1) is 12.6 Å². The van der Waals surface area contributed by atoms with Crippen molar-refractivity contribution in [1.29, 1.82) is 0 Å². The van der Waals surface area contributed by atoms with E-state index < -0.39 is 24.9 Å². The van der Waals surface area contributed by atoms with Crippen LogP contribution < -0.4 is 10.6 Å². The molecule has 10 heteroatoms. The molecular weight excluding hydrogens is 373 g/mol. The number of hydrogen-bond donors (Lipinski definition) is 2. The van der Waals surface area contributed by atoms with Gasteiger partial charge in [0.15, 0.2) is 0 Å². The molecule has 2 N–H and O–H groups in total. The lowest BCUT2D eigenvalue weighted by molar-refractivity contribution is -0.124. The lowest BCUT2D eigenvalue weighted by Gasteiger charge is -2.34. The average Bonchev–Trinajstić information content (AvgIpc) is 2.73. The Bertz CT molecular complexity index is 358. The minimum Gasteiger partial charge on any atom is -0.351 e. The van der Waals surface area contributed by atoms with Gasteiger partial charge in [0, 0.05) is 45.2 Å². The Morgan fingerprint density at radius 2 is 1.83 bits per heavy atom. The summed E-state index contributed by atoms with van der Waals surface area (Å²) in [4.78, 5) is 16.5. The van der Waals surface area contributed by atoms with Crippen molar-refractivity contribution in [2.45, 2.75) is 31.4 Å². The summed E-state index contributed by atoms with van der Waals surface area (Å²) < 4.78 is 26.1. The molecule has 2 heterocycles. The summed E-state index contributed by atoms with van der Waals surface area (Å²) in [5.41, 5.74) is 0. The van der Waals surface area contributed by atoms with E-state index in [-0.39, 0.29) is 49.2 Å². The molecule has 0 radical (unpaired) electrons. The van der Waals surface area contributed by atoms with Crippen LogP contribution >= 0.6 is 37.2 Å². The predicted molar refractivity (Wildman–Crippen MR) is 94.6 cm³/mol. The normalized spacial score (nSPS) is 25.5. The third kappa shape index (κ3) is 8.14. The third-order valence-corrected chi connectivity index (χ3v) is 3.94. The van der Waals surface area contributed by atoms with Crippen molar-refractivity contribution in [2.75, 3.05) is 46.3 Å². The molecule has 2 fully saturated rings. The van der Waals surface area contributed by atoms with Crippen LogP contribution in [0, 0.1) is 0 Å². The highest BCUT2D eigenvalue weighted by molar-refractivity contribution is 5.86. The molecule has 0 aromatic rings. The zero-order valence-corrected chi connectivity index (χ0v) is 15.8. The van der Waals surface area contributed by atoms with Gasteiger partial charge in [0.2, 0.25) is 5.91 Å². The second-order valence-corrected chi connectivity index (χ2v) is 6.01. The maximum Gasteiger partial charge on any atom is 0.262 e. The highest BCUT2D eigenvalue weighted by atomic mass is 35.5. The predicted octanol–water partition coefficient (Wildman–Crippen LogP) is 1.00. The summed E-state index contributed by atoms with van der Waals surface area (Å²) in [6, 6.07) is -0.790. The zero-order valence-electron chi connectivity index (χ0n) is 13.4. The SMILES string of the molecule is CC(CN1CCN(C)CC1)NC(=O)C1CC(F)(F)CN1.Cl.Cl.Cl. The van der Waals surface area contributed by atoms with Crippen LogP contribution in [0.4, 0.5) is 8.78 Å². The smallest absolute Gasteiger partial charge is 0.262 e. The van der Waals surface area contributed by atoms with Gasteiger partial charge in [-0.2, -0.15) is 0 Å². The molecule has 2 aliphatic heterocycles. The molecule has 2 rings (SSSR count). The fraction of sp³-hybridized carbons (Fsp3) is 0.923. The number of nitrogens with zero attached hydrogens (tertiary/aromatic N) is 2. The van der Waals surface area contributed by atoms with Gasteiger partial charge in [-0.1, -0.05) is 0 Å². The van der Waals surface area contributed by atoms with Crippen molar-refractivity contribution in [3.63, 3.8) is 0 Å². The molecule has 0 spiro atoms. The van der Waals surface area contributed by atoms with Crippen LogP contribution in [-0.2, 0) is 4.79 Å². The van der Waals surface area contributed by atoms with Gasteiger partial charge >= 0.3 is 0 Å². The summed E-state index contributed by atoms with van der Waals surface area (Å²) in [6.07, 6.45) is -0.403. The number of nitrogens with one attached hydrogen (secondary N) is 2. The van der Waals surface area contributed by atoms with Crippen LogP contribution in [0.5, 0.6) is 0 Å². The molecule has 1 amide bonds. The fourth-order valence-corrected chi connectivity index (χ4v) is 2.71. The number of likely N-dealkylation sites (N-methyl/N-ethyl adjacent to an activating group) is 1. The number of hydrogen-bond acceptors (Lipinski definition) is 4. The van der Waals surface area contributed by atoms with Crippen molar-refractivity contribution in [3.8, 4) is 0 Å². The second-order valence-electron chi connectivity index (χ2n) is 6.01. The molecule has 5 nitrogen and oxygen atoms in total. The van der Waals surface area contributed by atoms with Gasteiger partial charge in [-0.15, -0.1) is 37.2 Å². The van der Waals surface area contributed by atoms with Gasteiger partial charge in [-0.25, -0.2) is 8.78 Å². The Morgan fingerprint density at radius 1 is 1.26 bits per heavy atom. The highest BCUT2D eigenvalue weighted by Gasteiger charge is 2.42. The van der Waals surface area contributed by atoms with E-state index in [0.717, 1.165) is 32.7 Å². The van der Waals surface area contributed by atoms with Gasteiger partial charge in [0.25, 0.3) is 5.92 Å². The molecule has 2 saturated heterocycles. The fourth-order valence-electron chi connectivity index (χ4n) is 2.71. The Morgan fingerprint density at radius 3 is 2.30 bits per heavy atom. The number of halogens is 5. The first-order valence-electron chi connectivity index (χ1n) is 7.18. The molecule has 0 saturated carbocycles. The van der Waals surface area contributed by atoms with E-state index in [1.54, 1.807) is 0 Å².